The highest BCUT2D eigenvalue weighted by Crippen LogP contribution is 2.23. The molecule has 0 bridgehead atoms. The van der Waals surface area contributed by atoms with E-state index in [4.69, 9.17) is 0 Å². The third-order valence-electron chi connectivity index (χ3n) is 3.66. The normalized spacial score (nSPS) is 15.2. The van der Waals surface area contributed by atoms with Crippen molar-refractivity contribution in [1.82, 2.24) is 19.7 Å². The Kier molecular flexibility index (Phi) is 6.06. The maximum Gasteiger partial charge on any atom is 0.148 e. The minimum absolute atomic E-state index is 0.536. The van der Waals surface area contributed by atoms with Gasteiger partial charge in [0, 0.05) is 43.2 Å². The molecule has 3 atom stereocenters. The number of nitrogens with one attached hydrogen (secondary N) is 1. The molecule has 3 N–H and O–H groups in total. The van der Waals surface area contributed by atoms with Crippen LogP contribution in [0.3, 0.4) is 0 Å². The van der Waals surface area contributed by atoms with Gasteiger partial charge in [-0.25, -0.2) is 9.97 Å². The second kappa shape index (κ2) is 8.03. The fourth-order valence-corrected chi connectivity index (χ4v) is 2.30. The molecule has 2 aromatic heterocycles. The van der Waals surface area contributed by atoms with E-state index in [0.29, 0.717) is 11.4 Å². The molecule has 0 aliphatic carbocycles. The Morgan fingerprint density at radius 1 is 1.22 bits per heavy atom. The van der Waals surface area contributed by atoms with E-state index in [1.807, 2.05) is 19.2 Å². The minimum atomic E-state index is -0.998. The first-order valence-electron chi connectivity index (χ1n) is 8.02. The minimum Gasteiger partial charge on any atom is -0.391 e. The van der Waals surface area contributed by atoms with E-state index >= 15 is 0 Å². The zero-order valence-corrected chi connectivity index (χ0v) is 13.8. The quantitative estimate of drug-likeness (QED) is 0.683. The van der Waals surface area contributed by atoms with Gasteiger partial charge in [0.1, 0.15) is 17.7 Å². The van der Waals surface area contributed by atoms with Gasteiger partial charge in [-0.15, -0.1) is 0 Å². The Labute approximate surface area is 136 Å². The van der Waals surface area contributed by atoms with Crippen LogP contribution in [-0.4, -0.2) is 42.2 Å². The fourth-order valence-electron chi connectivity index (χ4n) is 2.30. The highest BCUT2D eigenvalue weighted by atomic mass is 16.3. The third kappa shape index (κ3) is 4.49. The van der Waals surface area contributed by atoms with Gasteiger partial charge in [-0.05, 0) is 20.3 Å². The highest BCUT2D eigenvalue weighted by molar-refractivity contribution is 5.37. The number of rotatable bonds is 8. The fraction of sp³-hybridized carbons (Fsp3) is 0.562. The Morgan fingerprint density at radius 2 is 1.91 bits per heavy atom. The molecule has 0 unspecified atom stereocenters. The van der Waals surface area contributed by atoms with Gasteiger partial charge in [0.15, 0.2) is 0 Å². The van der Waals surface area contributed by atoms with Crippen molar-refractivity contribution in [2.75, 3.05) is 5.32 Å². The Bertz CT molecular complexity index is 597. The number of aromatic nitrogens is 4. The van der Waals surface area contributed by atoms with Crippen LogP contribution >= 0.6 is 0 Å². The van der Waals surface area contributed by atoms with Crippen molar-refractivity contribution in [3.8, 4) is 0 Å². The molecular formula is C16H25N5O2. The Morgan fingerprint density at radius 3 is 2.43 bits per heavy atom. The molecule has 7 nitrogen and oxygen atoms in total. The molecule has 0 spiro atoms. The molecule has 0 saturated carbocycles. The summed E-state index contributed by atoms with van der Waals surface area (Å²) in [5.74, 6) is 1.41. The maximum atomic E-state index is 10.3. The van der Waals surface area contributed by atoms with Crippen LogP contribution < -0.4 is 5.32 Å². The largest absolute Gasteiger partial charge is 0.391 e. The van der Waals surface area contributed by atoms with Gasteiger partial charge in [-0.3, -0.25) is 4.68 Å². The standard InChI is InChI=1S/C16H25N5O2/c1-4-6-13-17-9-12(10-18-13)15(16(23)11(3)22)19-14-7-8-21(5-2)20-14/h7-11,15-16,22-23H,4-6H2,1-3H3,(H,19,20)/t11-,15+,16+/m0/s1. The molecule has 0 fully saturated rings. The van der Waals surface area contributed by atoms with E-state index in [2.05, 4.69) is 27.3 Å². The number of aliphatic hydroxyl groups is 2. The van der Waals surface area contributed by atoms with E-state index in [0.717, 1.165) is 25.2 Å². The summed E-state index contributed by atoms with van der Waals surface area (Å²) in [5.41, 5.74) is 0.712. The van der Waals surface area contributed by atoms with E-state index in [9.17, 15) is 10.2 Å². The van der Waals surface area contributed by atoms with Gasteiger partial charge < -0.3 is 15.5 Å². The van der Waals surface area contributed by atoms with Crippen molar-refractivity contribution in [1.29, 1.82) is 0 Å². The molecule has 0 saturated heterocycles. The van der Waals surface area contributed by atoms with Crippen molar-refractivity contribution < 1.29 is 10.2 Å². The summed E-state index contributed by atoms with van der Waals surface area (Å²) in [6.07, 6.45) is 5.15. The lowest BCUT2D eigenvalue weighted by Crippen LogP contribution is -2.34. The zero-order chi connectivity index (χ0) is 16.8. The number of aliphatic hydroxyl groups excluding tert-OH is 2. The van der Waals surface area contributed by atoms with Crippen molar-refractivity contribution in [3.63, 3.8) is 0 Å². The summed E-state index contributed by atoms with van der Waals surface area (Å²) in [4.78, 5) is 8.65. The first kappa shape index (κ1) is 17.4. The Hall–Kier alpha value is -1.99. The monoisotopic (exact) mass is 319 g/mol. The molecule has 0 amide bonds. The molecule has 0 aliphatic rings. The number of hydrogen-bond acceptors (Lipinski definition) is 6. The molecule has 126 valence electrons. The third-order valence-corrected chi connectivity index (χ3v) is 3.66. The van der Waals surface area contributed by atoms with Crippen molar-refractivity contribution >= 4 is 5.82 Å². The summed E-state index contributed by atoms with van der Waals surface area (Å²) >= 11 is 0. The van der Waals surface area contributed by atoms with E-state index < -0.39 is 18.2 Å². The average Bonchev–Trinajstić information content (AvgIpc) is 3.01. The van der Waals surface area contributed by atoms with Gasteiger partial charge in [-0.1, -0.05) is 6.92 Å². The van der Waals surface area contributed by atoms with Crippen LogP contribution in [0.4, 0.5) is 5.82 Å². The zero-order valence-electron chi connectivity index (χ0n) is 13.8. The van der Waals surface area contributed by atoms with E-state index in [1.165, 1.54) is 0 Å². The molecule has 2 aromatic rings. The van der Waals surface area contributed by atoms with Crippen molar-refractivity contribution in [2.45, 2.75) is 58.4 Å². The molecule has 0 aliphatic heterocycles. The number of hydrogen-bond donors (Lipinski definition) is 3. The SMILES string of the molecule is CCCc1ncc([C@@H](Nc2ccn(CC)n2)[C@H](O)[C@H](C)O)cn1. The van der Waals surface area contributed by atoms with Crippen LogP contribution in [0.15, 0.2) is 24.7 Å². The van der Waals surface area contributed by atoms with Crippen LogP contribution in [0.5, 0.6) is 0 Å². The van der Waals surface area contributed by atoms with E-state index in [1.54, 1.807) is 24.0 Å². The van der Waals surface area contributed by atoms with Crippen LogP contribution in [0, 0.1) is 0 Å². The summed E-state index contributed by atoms with van der Waals surface area (Å²) < 4.78 is 1.79. The molecule has 23 heavy (non-hydrogen) atoms. The second-order valence-electron chi connectivity index (χ2n) is 5.59. The second-order valence-corrected chi connectivity index (χ2v) is 5.59. The van der Waals surface area contributed by atoms with E-state index in [-0.39, 0.29) is 0 Å². The van der Waals surface area contributed by atoms with Crippen LogP contribution in [0.25, 0.3) is 0 Å². The van der Waals surface area contributed by atoms with Gasteiger partial charge in [0.2, 0.25) is 0 Å². The molecular weight excluding hydrogens is 294 g/mol. The molecule has 7 heteroatoms. The van der Waals surface area contributed by atoms with Gasteiger partial charge in [-0.2, -0.15) is 5.10 Å². The Balaban J connectivity index is 2.22. The van der Waals surface area contributed by atoms with Gasteiger partial charge in [0.05, 0.1) is 12.1 Å². The number of anilines is 1. The molecule has 0 aromatic carbocycles. The van der Waals surface area contributed by atoms with Crippen molar-refractivity contribution in [3.05, 3.63) is 36.0 Å². The topological polar surface area (TPSA) is 96.1 Å². The predicted molar refractivity (Wildman–Crippen MR) is 88.0 cm³/mol. The number of nitrogens with zero attached hydrogens (tertiary/aromatic N) is 4. The first-order chi connectivity index (χ1) is 11.0. The molecule has 0 radical (unpaired) electrons. The highest BCUT2D eigenvalue weighted by Gasteiger charge is 2.26. The lowest BCUT2D eigenvalue weighted by atomic mass is 10.0. The summed E-state index contributed by atoms with van der Waals surface area (Å²) in [6, 6.07) is 1.29. The molecule has 2 rings (SSSR count). The smallest absolute Gasteiger partial charge is 0.148 e. The lowest BCUT2D eigenvalue weighted by Gasteiger charge is -2.26. The number of aryl methyl sites for hydroxylation is 2. The van der Waals surface area contributed by atoms with Crippen LogP contribution in [0.2, 0.25) is 0 Å². The predicted octanol–water partition coefficient (Wildman–Crippen LogP) is 1.54. The van der Waals surface area contributed by atoms with Gasteiger partial charge >= 0.3 is 0 Å². The van der Waals surface area contributed by atoms with Crippen LogP contribution in [-0.2, 0) is 13.0 Å². The maximum absolute atomic E-state index is 10.3. The lowest BCUT2D eigenvalue weighted by molar-refractivity contribution is 0.0188. The molecule has 2 heterocycles. The van der Waals surface area contributed by atoms with Crippen LogP contribution in [0.1, 0.15) is 44.6 Å². The first-order valence-corrected chi connectivity index (χ1v) is 8.02. The summed E-state index contributed by atoms with van der Waals surface area (Å²) in [6.45, 7) is 6.39. The average molecular weight is 319 g/mol. The summed E-state index contributed by atoms with van der Waals surface area (Å²) in [7, 11) is 0. The van der Waals surface area contributed by atoms with Gasteiger partial charge in [0.25, 0.3) is 0 Å². The van der Waals surface area contributed by atoms with Crippen molar-refractivity contribution in [2.24, 2.45) is 0 Å². The summed E-state index contributed by atoms with van der Waals surface area (Å²) in [5, 5.41) is 27.6.